The Bertz CT molecular complexity index is 1830. The lowest BCUT2D eigenvalue weighted by Gasteiger charge is -2.24. The number of esters is 2. The van der Waals surface area contributed by atoms with Gasteiger partial charge in [0.25, 0.3) is 0 Å². The van der Waals surface area contributed by atoms with Crippen LogP contribution in [0.25, 0.3) is 0 Å². The first-order valence-corrected chi connectivity index (χ1v) is 35.8. The van der Waals surface area contributed by atoms with Crippen LogP contribution in [0.3, 0.4) is 0 Å². The number of likely N-dealkylation sites (N-methyl/N-ethyl adjacent to an activating group) is 1. The minimum absolute atomic E-state index is 0.0239. The molecule has 2 atom stereocenters. The van der Waals surface area contributed by atoms with Gasteiger partial charge in [-0.1, -0.05) is 283 Å². The van der Waals surface area contributed by atoms with Crippen LogP contribution in [0.2, 0.25) is 0 Å². The minimum atomic E-state index is -4.40. The SMILES string of the molecule is CC/C=C\C/C=C\C/C=C\C/C=C\C/C=C\C/C=C\C/C=C\CCCCCCCCCC(=O)OC(COC(=O)CCCCCCCCCCCCCCCCCC/C=C\C/C=C\C/C=C\CCCCCCC)COP(=O)(O)OCC[N+](C)(C)C. The molecular weight excluding hydrogens is 1060 g/mol. The highest BCUT2D eigenvalue weighted by atomic mass is 31.2. The molecule has 84 heavy (non-hydrogen) atoms. The van der Waals surface area contributed by atoms with Crippen molar-refractivity contribution in [1.82, 2.24) is 0 Å². The molecule has 1 N–H and O–H groups in total. The number of nitrogens with zero attached hydrogens (tertiary/aromatic N) is 1. The van der Waals surface area contributed by atoms with Gasteiger partial charge in [0.2, 0.25) is 0 Å². The molecule has 0 aromatic rings. The largest absolute Gasteiger partial charge is 0.472 e. The summed E-state index contributed by atoms with van der Waals surface area (Å²) in [5.41, 5.74) is 0. The van der Waals surface area contributed by atoms with E-state index in [-0.39, 0.29) is 32.0 Å². The van der Waals surface area contributed by atoms with Gasteiger partial charge in [-0.15, -0.1) is 0 Å². The molecule has 0 saturated heterocycles. The van der Waals surface area contributed by atoms with Crippen LogP contribution in [0.1, 0.15) is 284 Å². The maximum absolute atomic E-state index is 12.9. The molecule has 2 unspecified atom stereocenters. The molecule has 9 nitrogen and oxygen atoms in total. The molecule has 10 heteroatoms. The van der Waals surface area contributed by atoms with Gasteiger partial charge in [-0.05, 0) is 109 Å². The molecule has 0 aromatic heterocycles. The molecule has 0 rings (SSSR count). The first-order chi connectivity index (χ1) is 41.0. The van der Waals surface area contributed by atoms with Crippen molar-refractivity contribution >= 4 is 19.8 Å². The second-order valence-electron chi connectivity index (χ2n) is 23.8. The maximum Gasteiger partial charge on any atom is 0.472 e. The summed E-state index contributed by atoms with van der Waals surface area (Å²) in [7, 11) is 1.46. The quantitative estimate of drug-likeness (QED) is 0.0211. The number of phosphoric ester groups is 1. The number of hydrogen-bond acceptors (Lipinski definition) is 7. The first kappa shape index (κ1) is 80.4. The molecule has 0 saturated carbocycles. The van der Waals surface area contributed by atoms with E-state index >= 15 is 0 Å². The second kappa shape index (κ2) is 63.9. The van der Waals surface area contributed by atoms with Gasteiger partial charge in [-0.2, -0.15) is 0 Å². The van der Waals surface area contributed by atoms with Gasteiger partial charge in [0.15, 0.2) is 6.10 Å². The highest BCUT2D eigenvalue weighted by Gasteiger charge is 2.27. The van der Waals surface area contributed by atoms with Gasteiger partial charge in [0.1, 0.15) is 19.8 Å². The Morgan fingerprint density at radius 1 is 0.381 bits per heavy atom. The molecule has 0 spiro atoms. The summed E-state index contributed by atoms with van der Waals surface area (Å²) >= 11 is 0. The van der Waals surface area contributed by atoms with Crippen LogP contribution in [-0.2, 0) is 32.7 Å². The van der Waals surface area contributed by atoms with Crippen LogP contribution < -0.4 is 0 Å². The lowest BCUT2D eigenvalue weighted by Crippen LogP contribution is -2.37. The topological polar surface area (TPSA) is 108 Å². The summed E-state index contributed by atoms with van der Waals surface area (Å²) in [4.78, 5) is 35.9. The lowest BCUT2D eigenvalue weighted by atomic mass is 10.0. The van der Waals surface area contributed by atoms with E-state index in [9.17, 15) is 19.0 Å². The number of quaternary nitrogens is 1. The van der Waals surface area contributed by atoms with E-state index in [0.717, 1.165) is 103 Å². The molecule has 482 valence electrons. The third-order valence-corrected chi connectivity index (χ3v) is 15.5. The van der Waals surface area contributed by atoms with E-state index in [1.807, 2.05) is 21.1 Å². The zero-order valence-corrected chi connectivity index (χ0v) is 55.7. The Balaban J connectivity index is 4.12. The highest BCUT2D eigenvalue weighted by molar-refractivity contribution is 7.47. The van der Waals surface area contributed by atoms with Crippen molar-refractivity contribution in [3.8, 4) is 0 Å². The number of ether oxygens (including phenoxy) is 2. The Morgan fingerprint density at radius 2 is 0.679 bits per heavy atom. The molecule has 0 aromatic carbocycles. The van der Waals surface area contributed by atoms with Gasteiger partial charge in [-0.3, -0.25) is 18.6 Å². The van der Waals surface area contributed by atoms with E-state index in [2.05, 4.69) is 135 Å². The smallest absolute Gasteiger partial charge is 0.462 e. The number of unbranched alkanes of at least 4 members (excludes halogenated alkanes) is 28. The number of phosphoric acid groups is 1. The standard InChI is InChI=1S/C74H128NO8P/c1-6-8-10-12-14-16-18-20-22-24-26-28-30-32-34-36-37-39-40-42-44-46-48-50-52-54-56-58-60-62-64-66-73(76)80-70-72(71-82-84(78,79)81-69-68-75(3,4)5)83-74(77)67-65-63-61-59-57-55-53-51-49-47-45-43-41-38-35-33-31-29-27-25-23-21-19-17-15-13-11-9-7-2/h9,11,15,17-18,20-21,23-24,26-27,29-30,32-33,35,41,43,47,49,72H,6-8,10,12-14,16,19,22,25,28,31,34,36-40,42,44-46,48,50-71H2,1-5H3/p+1/b11-9-,17-15-,20-18-,23-21-,26-24-,29-27-,32-30-,35-33-,43-41-,49-47-. The van der Waals surface area contributed by atoms with Crippen LogP contribution >= 0.6 is 7.82 Å². The zero-order valence-electron chi connectivity index (χ0n) is 54.9. The third kappa shape index (κ3) is 67.5. The number of rotatable bonds is 62. The van der Waals surface area contributed by atoms with Crippen molar-refractivity contribution in [2.75, 3.05) is 47.5 Å². The Hall–Kier alpha value is -3.59. The van der Waals surface area contributed by atoms with Crippen LogP contribution in [0.15, 0.2) is 122 Å². The van der Waals surface area contributed by atoms with E-state index in [0.29, 0.717) is 17.4 Å². The van der Waals surface area contributed by atoms with E-state index in [4.69, 9.17) is 18.5 Å². The van der Waals surface area contributed by atoms with Crippen molar-refractivity contribution in [2.24, 2.45) is 0 Å². The Kier molecular flexibility index (Phi) is 61.2. The van der Waals surface area contributed by atoms with Gasteiger partial charge >= 0.3 is 19.8 Å². The highest BCUT2D eigenvalue weighted by Crippen LogP contribution is 2.43. The summed E-state index contributed by atoms with van der Waals surface area (Å²) in [5, 5.41) is 0. The molecule has 0 radical (unpaired) electrons. The maximum atomic E-state index is 12.9. The minimum Gasteiger partial charge on any atom is -0.462 e. The van der Waals surface area contributed by atoms with Crippen LogP contribution in [0.5, 0.6) is 0 Å². The number of hydrogen-bond donors (Lipinski definition) is 1. The summed E-state index contributed by atoms with van der Waals surface area (Å²) in [6, 6.07) is 0. The van der Waals surface area contributed by atoms with E-state index in [1.165, 1.54) is 148 Å². The molecular formula is C74H129NO8P+. The van der Waals surface area contributed by atoms with Crippen molar-refractivity contribution in [2.45, 2.75) is 290 Å². The van der Waals surface area contributed by atoms with Crippen LogP contribution in [0, 0.1) is 0 Å². The summed E-state index contributed by atoms with van der Waals surface area (Å²) < 4.78 is 34.7. The van der Waals surface area contributed by atoms with Crippen molar-refractivity contribution in [1.29, 1.82) is 0 Å². The fourth-order valence-electron chi connectivity index (χ4n) is 9.24. The summed E-state index contributed by atoms with van der Waals surface area (Å²) in [5.74, 6) is -0.810. The van der Waals surface area contributed by atoms with Crippen molar-refractivity contribution in [3.63, 3.8) is 0 Å². The number of carbonyl (C=O) groups excluding carboxylic acids is 2. The van der Waals surface area contributed by atoms with Gasteiger partial charge in [0.05, 0.1) is 27.7 Å². The van der Waals surface area contributed by atoms with E-state index < -0.39 is 26.5 Å². The number of carbonyl (C=O) groups is 2. The second-order valence-corrected chi connectivity index (χ2v) is 25.3. The number of allylic oxidation sites excluding steroid dienone is 20. The third-order valence-electron chi connectivity index (χ3n) is 14.5. The van der Waals surface area contributed by atoms with Crippen LogP contribution in [0.4, 0.5) is 0 Å². The van der Waals surface area contributed by atoms with E-state index in [1.54, 1.807) is 0 Å². The Morgan fingerprint density at radius 3 is 1.01 bits per heavy atom. The van der Waals surface area contributed by atoms with Gasteiger partial charge in [-0.25, -0.2) is 4.57 Å². The summed E-state index contributed by atoms with van der Waals surface area (Å²) in [6.45, 7) is 4.31. The molecule has 0 bridgehead atoms. The van der Waals surface area contributed by atoms with Crippen molar-refractivity contribution < 1.29 is 42.1 Å². The summed E-state index contributed by atoms with van der Waals surface area (Å²) in [6.07, 6.45) is 91.5. The zero-order chi connectivity index (χ0) is 61.2. The fourth-order valence-corrected chi connectivity index (χ4v) is 9.98. The molecule has 0 aliphatic rings. The average molecular weight is 1190 g/mol. The molecule has 0 fully saturated rings. The normalized spacial score (nSPS) is 13.9. The van der Waals surface area contributed by atoms with Crippen LogP contribution in [-0.4, -0.2) is 74.9 Å². The molecule has 0 aliphatic heterocycles. The lowest BCUT2D eigenvalue weighted by molar-refractivity contribution is -0.870. The van der Waals surface area contributed by atoms with Crippen molar-refractivity contribution in [3.05, 3.63) is 122 Å². The molecule has 0 amide bonds. The average Bonchev–Trinajstić information content (AvgIpc) is 3.61. The molecule has 0 heterocycles. The monoisotopic (exact) mass is 1190 g/mol. The predicted molar refractivity (Wildman–Crippen MR) is 362 cm³/mol. The molecule has 0 aliphatic carbocycles. The van der Waals surface area contributed by atoms with Gasteiger partial charge < -0.3 is 18.9 Å². The Labute approximate surface area is 518 Å². The first-order valence-electron chi connectivity index (χ1n) is 34.3. The van der Waals surface area contributed by atoms with Gasteiger partial charge in [0, 0.05) is 12.8 Å². The fraction of sp³-hybridized carbons (Fsp3) is 0.703. The predicted octanol–water partition coefficient (Wildman–Crippen LogP) is 22.3.